The molecule has 0 aliphatic carbocycles. The number of nitrogens with one attached hydrogen (secondary N) is 2. The number of anilines is 1. The van der Waals surface area contributed by atoms with E-state index in [0.29, 0.717) is 0 Å². The third kappa shape index (κ3) is 2.74. The van der Waals surface area contributed by atoms with E-state index in [4.69, 9.17) is 4.74 Å². The van der Waals surface area contributed by atoms with Crippen LogP contribution in [0.15, 0.2) is 47.1 Å². The molecule has 0 spiro atoms. The highest BCUT2D eigenvalue weighted by atomic mass is 79.9. The molecule has 5 heteroatoms. The van der Waals surface area contributed by atoms with Crippen molar-refractivity contribution in [3.63, 3.8) is 0 Å². The first-order valence-corrected chi connectivity index (χ1v) is 7.50. The van der Waals surface area contributed by atoms with Gasteiger partial charge in [-0.2, -0.15) is 5.10 Å². The molecule has 0 fully saturated rings. The number of para-hydroxylation sites is 1. The summed E-state index contributed by atoms with van der Waals surface area (Å²) >= 11 is 3.53. The largest absolute Gasteiger partial charge is 0.496 e. The Morgan fingerprint density at radius 2 is 2.14 bits per heavy atom. The number of rotatable bonds is 4. The van der Waals surface area contributed by atoms with Gasteiger partial charge in [-0.3, -0.25) is 5.10 Å². The van der Waals surface area contributed by atoms with Gasteiger partial charge in [0.25, 0.3) is 0 Å². The molecule has 1 heterocycles. The van der Waals surface area contributed by atoms with Crippen molar-refractivity contribution in [2.45, 2.75) is 13.0 Å². The number of nitrogens with zero attached hydrogens (tertiary/aromatic N) is 1. The van der Waals surface area contributed by atoms with Gasteiger partial charge in [-0.15, -0.1) is 0 Å². The van der Waals surface area contributed by atoms with Gasteiger partial charge in [0.1, 0.15) is 5.75 Å². The Bertz CT molecular complexity index is 769. The van der Waals surface area contributed by atoms with Crippen molar-refractivity contribution in [2.75, 3.05) is 12.4 Å². The average molecular weight is 346 g/mol. The van der Waals surface area contributed by atoms with E-state index in [9.17, 15) is 0 Å². The molecule has 2 aromatic carbocycles. The molecule has 4 nitrogen and oxygen atoms in total. The summed E-state index contributed by atoms with van der Waals surface area (Å²) < 4.78 is 6.22. The van der Waals surface area contributed by atoms with Gasteiger partial charge < -0.3 is 10.1 Å². The molecule has 108 valence electrons. The molecule has 0 saturated heterocycles. The third-order valence-electron chi connectivity index (χ3n) is 3.52. The first-order valence-electron chi connectivity index (χ1n) is 6.71. The maximum Gasteiger partial charge on any atom is 0.133 e. The minimum atomic E-state index is 0.168. The molecule has 1 atom stereocenters. The average Bonchev–Trinajstić information content (AvgIpc) is 2.96. The molecule has 0 aliphatic heterocycles. The fourth-order valence-electron chi connectivity index (χ4n) is 2.36. The van der Waals surface area contributed by atoms with Gasteiger partial charge in [-0.1, -0.05) is 18.2 Å². The summed E-state index contributed by atoms with van der Waals surface area (Å²) in [5.41, 5.74) is 3.25. The van der Waals surface area contributed by atoms with E-state index in [1.54, 1.807) is 7.11 Å². The van der Waals surface area contributed by atoms with Crippen molar-refractivity contribution in [1.29, 1.82) is 0 Å². The molecule has 2 N–H and O–H groups in total. The zero-order chi connectivity index (χ0) is 14.8. The molecule has 3 aromatic rings. The Morgan fingerprint density at radius 1 is 1.29 bits per heavy atom. The van der Waals surface area contributed by atoms with Crippen LogP contribution >= 0.6 is 15.9 Å². The van der Waals surface area contributed by atoms with Gasteiger partial charge in [-0.25, -0.2) is 0 Å². The normalized spacial score (nSPS) is 12.3. The molecule has 0 saturated carbocycles. The second-order valence-electron chi connectivity index (χ2n) is 4.90. The predicted octanol–water partition coefficient (Wildman–Crippen LogP) is 4.51. The second-order valence-corrected chi connectivity index (χ2v) is 5.75. The van der Waals surface area contributed by atoms with Crippen LogP contribution < -0.4 is 10.1 Å². The van der Waals surface area contributed by atoms with Crippen molar-refractivity contribution in [3.05, 3.63) is 52.6 Å². The Hall–Kier alpha value is -2.01. The van der Waals surface area contributed by atoms with Crippen molar-refractivity contribution in [2.24, 2.45) is 0 Å². The number of hydrogen-bond donors (Lipinski definition) is 2. The Balaban J connectivity index is 1.87. The van der Waals surface area contributed by atoms with Gasteiger partial charge in [0.05, 0.1) is 29.0 Å². The Morgan fingerprint density at radius 3 is 2.90 bits per heavy atom. The maximum atomic E-state index is 5.26. The van der Waals surface area contributed by atoms with Crippen LogP contribution in [0.3, 0.4) is 0 Å². The van der Waals surface area contributed by atoms with E-state index in [1.165, 1.54) is 5.56 Å². The quantitative estimate of drug-likeness (QED) is 0.731. The molecule has 0 radical (unpaired) electrons. The van der Waals surface area contributed by atoms with Gasteiger partial charge in [0.2, 0.25) is 0 Å². The van der Waals surface area contributed by atoms with Gasteiger partial charge in [0, 0.05) is 11.4 Å². The Labute approximate surface area is 131 Å². The summed E-state index contributed by atoms with van der Waals surface area (Å²) in [6.07, 6.45) is 1.83. The smallest absolute Gasteiger partial charge is 0.133 e. The number of fused-ring (bicyclic) bond motifs is 1. The van der Waals surface area contributed by atoms with Crippen LogP contribution in [0.5, 0.6) is 5.75 Å². The number of aromatic amines is 1. The van der Waals surface area contributed by atoms with E-state index in [2.05, 4.69) is 56.6 Å². The number of hydrogen-bond acceptors (Lipinski definition) is 3. The molecule has 3 rings (SSSR count). The number of ether oxygens (including phenoxy) is 1. The standard InChI is InChI=1S/C16H16BrN3O/c1-10(11-6-7-15(21-2)13(17)8-11)19-14-5-3-4-12-9-18-20-16(12)14/h3-10,19H,1-2H3,(H,18,20). The molecular weight excluding hydrogens is 330 g/mol. The highest BCUT2D eigenvalue weighted by molar-refractivity contribution is 9.10. The lowest BCUT2D eigenvalue weighted by Gasteiger charge is -2.17. The Kier molecular flexibility index (Phi) is 3.84. The van der Waals surface area contributed by atoms with Crippen LogP contribution in [0.4, 0.5) is 5.69 Å². The zero-order valence-electron chi connectivity index (χ0n) is 11.9. The number of methoxy groups -OCH3 is 1. The second kappa shape index (κ2) is 5.77. The highest BCUT2D eigenvalue weighted by Gasteiger charge is 2.10. The highest BCUT2D eigenvalue weighted by Crippen LogP contribution is 2.30. The summed E-state index contributed by atoms with van der Waals surface area (Å²) in [5.74, 6) is 0.835. The minimum absolute atomic E-state index is 0.168. The van der Waals surface area contributed by atoms with Crippen LogP contribution in [0, 0.1) is 0 Å². The topological polar surface area (TPSA) is 49.9 Å². The van der Waals surface area contributed by atoms with Gasteiger partial charge in [-0.05, 0) is 46.6 Å². The number of halogens is 1. The summed E-state index contributed by atoms with van der Waals surface area (Å²) in [5, 5.41) is 11.7. The number of benzene rings is 2. The van der Waals surface area contributed by atoms with Crippen LogP contribution in [0.25, 0.3) is 10.9 Å². The predicted molar refractivity (Wildman–Crippen MR) is 88.8 cm³/mol. The van der Waals surface area contributed by atoms with E-state index >= 15 is 0 Å². The van der Waals surface area contributed by atoms with Gasteiger partial charge >= 0.3 is 0 Å². The first-order chi connectivity index (χ1) is 10.2. The molecule has 21 heavy (non-hydrogen) atoms. The van der Waals surface area contributed by atoms with E-state index in [-0.39, 0.29) is 6.04 Å². The van der Waals surface area contributed by atoms with Crippen molar-refractivity contribution >= 4 is 32.5 Å². The van der Waals surface area contributed by atoms with Crippen LogP contribution in [0.1, 0.15) is 18.5 Å². The molecule has 0 aliphatic rings. The first kappa shape index (κ1) is 13.9. The van der Waals surface area contributed by atoms with Crippen LogP contribution in [-0.4, -0.2) is 17.3 Å². The molecular formula is C16H16BrN3O. The summed E-state index contributed by atoms with van der Waals surface area (Å²) in [6.45, 7) is 2.13. The van der Waals surface area contributed by atoms with Crippen molar-refractivity contribution in [3.8, 4) is 5.75 Å². The summed E-state index contributed by atoms with van der Waals surface area (Å²) in [6, 6.07) is 12.4. The summed E-state index contributed by atoms with van der Waals surface area (Å²) in [7, 11) is 1.67. The fourth-order valence-corrected chi connectivity index (χ4v) is 2.92. The lowest BCUT2D eigenvalue weighted by molar-refractivity contribution is 0.412. The number of H-pyrrole nitrogens is 1. The van der Waals surface area contributed by atoms with E-state index in [0.717, 1.165) is 26.8 Å². The maximum absolute atomic E-state index is 5.26. The zero-order valence-corrected chi connectivity index (χ0v) is 13.4. The molecule has 1 unspecified atom stereocenters. The van der Waals surface area contributed by atoms with E-state index in [1.807, 2.05) is 24.4 Å². The molecule has 1 aromatic heterocycles. The van der Waals surface area contributed by atoms with Crippen molar-refractivity contribution < 1.29 is 4.74 Å². The van der Waals surface area contributed by atoms with Crippen LogP contribution in [0.2, 0.25) is 0 Å². The van der Waals surface area contributed by atoms with Gasteiger partial charge in [0.15, 0.2) is 0 Å². The molecule has 0 amide bonds. The third-order valence-corrected chi connectivity index (χ3v) is 4.14. The van der Waals surface area contributed by atoms with E-state index < -0.39 is 0 Å². The lowest BCUT2D eigenvalue weighted by atomic mass is 10.1. The number of aromatic nitrogens is 2. The lowest BCUT2D eigenvalue weighted by Crippen LogP contribution is -2.07. The van der Waals surface area contributed by atoms with Crippen molar-refractivity contribution in [1.82, 2.24) is 10.2 Å². The summed E-state index contributed by atoms with van der Waals surface area (Å²) in [4.78, 5) is 0. The minimum Gasteiger partial charge on any atom is -0.496 e. The monoisotopic (exact) mass is 345 g/mol. The fraction of sp³-hybridized carbons (Fsp3) is 0.188. The molecule has 0 bridgehead atoms. The van der Waals surface area contributed by atoms with Crippen LogP contribution in [-0.2, 0) is 0 Å². The SMILES string of the molecule is COc1ccc(C(C)Nc2cccc3cn[nH]c23)cc1Br.